The monoisotopic (exact) mass is 594 g/mol. The normalized spacial score (nSPS) is 12.9. The Bertz CT molecular complexity index is 1440. The molecular formula is C34H46N2O5S. The zero-order chi connectivity index (χ0) is 30.9. The number of carboxylic acid groups (broad SMARTS) is 1. The minimum atomic E-state index is -3.85. The molecule has 228 valence electrons. The van der Waals surface area contributed by atoms with Crippen LogP contribution in [-0.2, 0) is 34.1 Å². The number of hydrogen-bond donors (Lipinski definition) is 3. The van der Waals surface area contributed by atoms with Crippen LogP contribution in [0, 0.1) is 6.92 Å². The van der Waals surface area contributed by atoms with Crippen molar-refractivity contribution < 1.29 is 23.4 Å². The van der Waals surface area contributed by atoms with Gasteiger partial charge in [0.05, 0.1) is 11.0 Å². The van der Waals surface area contributed by atoms with Crippen LogP contribution in [0.15, 0.2) is 71.6 Å². The van der Waals surface area contributed by atoms with Crippen LogP contribution in [0.5, 0.6) is 0 Å². The van der Waals surface area contributed by atoms with Crippen LogP contribution in [0.25, 0.3) is 11.1 Å². The molecule has 0 aliphatic rings. The molecule has 0 saturated heterocycles. The maximum atomic E-state index is 13.6. The molecule has 8 heteroatoms. The zero-order valence-electron chi connectivity index (χ0n) is 25.6. The number of likely N-dealkylation sites (N-methyl/N-ethyl adjacent to an activating group) is 1. The number of rotatable bonds is 16. The number of aryl methyl sites for hydroxylation is 4. The van der Waals surface area contributed by atoms with Gasteiger partial charge in [0, 0.05) is 32.1 Å². The second-order valence-electron chi connectivity index (χ2n) is 11.7. The molecule has 0 aliphatic carbocycles. The number of carbonyl (C=O) groups is 1. The summed E-state index contributed by atoms with van der Waals surface area (Å²) in [6.07, 6.45) is 2.98. The van der Waals surface area contributed by atoms with Crippen molar-refractivity contribution in [3.8, 4) is 11.1 Å². The van der Waals surface area contributed by atoms with Gasteiger partial charge in [0.25, 0.3) is 0 Å². The minimum Gasteiger partial charge on any atom is -0.481 e. The average molecular weight is 595 g/mol. The number of carboxylic acids is 1. The maximum Gasteiger partial charge on any atom is 0.303 e. The fourth-order valence-corrected chi connectivity index (χ4v) is 6.82. The number of aliphatic hydroxyl groups is 1. The van der Waals surface area contributed by atoms with E-state index in [-0.39, 0.29) is 29.9 Å². The first-order valence-corrected chi connectivity index (χ1v) is 16.1. The number of aliphatic hydroxyl groups excluding tert-OH is 1. The maximum absolute atomic E-state index is 13.6. The molecule has 3 N–H and O–H groups in total. The van der Waals surface area contributed by atoms with E-state index in [9.17, 15) is 23.4 Å². The smallest absolute Gasteiger partial charge is 0.303 e. The van der Waals surface area contributed by atoms with E-state index in [2.05, 4.69) is 31.3 Å². The van der Waals surface area contributed by atoms with Crippen molar-refractivity contribution in [3.05, 3.63) is 89.0 Å². The first kappa shape index (κ1) is 33.5. The van der Waals surface area contributed by atoms with Crippen LogP contribution in [0.1, 0.15) is 62.3 Å². The lowest BCUT2D eigenvalue weighted by Crippen LogP contribution is -2.46. The molecular weight excluding hydrogens is 548 g/mol. The highest BCUT2D eigenvalue weighted by atomic mass is 32.2. The van der Waals surface area contributed by atoms with Gasteiger partial charge in [0.15, 0.2) is 0 Å². The van der Waals surface area contributed by atoms with Gasteiger partial charge in [-0.1, -0.05) is 61.5 Å². The molecule has 1 atom stereocenters. The largest absolute Gasteiger partial charge is 0.481 e. The number of nitrogens with one attached hydrogen (secondary N) is 1. The van der Waals surface area contributed by atoms with Gasteiger partial charge < -0.3 is 15.5 Å². The highest BCUT2D eigenvalue weighted by Crippen LogP contribution is 2.32. The second kappa shape index (κ2) is 14.9. The van der Waals surface area contributed by atoms with E-state index in [0.29, 0.717) is 18.4 Å². The zero-order valence-corrected chi connectivity index (χ0v) is 26.4. The van der Waals surface area contributed by atoms with Crippen molar-refractivity contribution in [2.24, 2.45) is 0 Å². The van der Waals surface area contributed by atoms with Crippen molar-refractivity contribution >= 4 is 16.0 Å². The molecule has 0 heterocycles. The number of hydrogen-bond acceptors (Lipinski definition) is 5. The van der Waals surface area contributed by atoms with Crippen LogP contribution in [0.2, 0.25) is 0 Å². The third-order valence-electron chi connectivity index (χ3n) is 7.78. The summed E-state index contributed by atoms with van der Waals surface area (Å²) in [6, 6.07) is 21.5. The molecule has 0 spiro atoms. The second-order valence-corrected chi connectivity index (χ2v) is 13.7. The van der Waals surface area contributed by atoms with Gasteiger partial charge in [-0.2, -0.15) is 4.31 Å². The molecule has 0 bridgehead atoms. The molecule has 42 heavy (non-hydrogen) atoms. The van der Waals surface area contributed by atoms with Crippen molar-refractivity contribution in [2.45, 2.75) is 82.8 Å². The molecule has 0 aromatic heterocycles. The van der Waals surface area contributed by atoms with E-state index in [1.165, 1.54) is 16.9 Å². The van der Waals surface area contributed by atoms with Gasteiger partial charge in [0.2, 0.25) is 10.0 Å². The summed E-state index contributed by atoms with van der Waals surface area (Å²) >= 11 is 0. The summed E-state index contributed by atoms with van der Waals surface area (Å²) in [4.78, 5) is 11.4. The van der Waals surface area contributed by atoms with E-state index >= 15 is 0 Å². The molecule has 0 saturated carbocycles. The predicted molar refractivity (Wildman–Crippen MR) is 169 cm³/mol. The molecule has 0 fully saturated rings. The van der Waals surface area contributed by atoms with Gasteiger partial charge in [-0.05, 0) is 98.4 Å². The van der Waals surface area contributed by atoms with E-state index < -0.39 is 22.1 Å². The summed E-state index contributed by atoms with van der Waals surface area (Å²) in [5.41, 5.74) is 5.52. The molecule has 7 nitrogen and oxygen atoms in total. The van der Waals surface area contributed by atoms with Crippen molar-refractivity contribution in [1.29, 1.82) is 0 Å². The summed E-state index contributed by atoms with van der Waals surface area (Å²) in [7, 11) is -2.35. The molecule has 1 unspecified atom stereocenters. The van der Waals surface area contributed by atoms with Crippen LogP contribution in [-0.4, -0.2) is 60.7 Å². The van der Waals surface area contributed by atoms with E-state index in [1.54, 1.807) is 12.1 Å². The quantitative estimate of drug-likeness (QED) is 0.199. The van der Waals surface area contributed by atoms with Crippen LogP contribution >= 0.6 is 0 Å². The Labute approximate surface area is 251 Å². The summed E-state index contributed by atoms with van der Waals surface area (Å²) in [6.45, 7) is 8.34. The standard InChI is InChI=1S/C34H46N2O5S/c1-6-27-22-29(33-25(2)12-10-16-28(33)18-20-32(38)39)17-19-31(27)42(40,41)36(5)24-30(37)23-35-34(3,4)21-11-15-26-13-8-7-9-14-26/h7-10,12-14,16-17,19,22,30,35,37H,6,11,15,18,20-21,23-24H2,1-5H3,(H,38,39). The molecule has 0 aliphatic heterocycles. The fraction of sp³-hybridized carbons (Fsp3) is 0.441. The number of nitrogens with zero attached hydrogens (tertiary/aromatic N) is 1. The van der Waals surface area contributed by atoms with E-state index in [1.807, 2.05) is 56.3 Å². The lowest BCUT2D eigenvalue weighted by Gasteiger charge is -2.29. The van der Waals surface area contributed by atoms with Crippen molar-refractivity contribution in [3.63, 3.8) is 0 Å². The Morgan fingerprint density at radius 1 is 1.00 bits per heavy atom. The number of sulfonamides is 1. The Hall–Kier alpha value is -3.04. The SMILES string of the molecule is CCc1cc(-c2c(C)cccc2CCC(=O)O)ccc1S(=O)(=O)N(C)CC(O)CNC(C)(C)CCCc1ccccc1. The Balaban J connectivity index is 1.67. The third kappa shape index (κ3) is 9.23. The lowest BCUT2D eigenvalue weighted by atomic mass is 9.91. The summed E-state index contributed by atoms with van der Waals surface area (Å²) in [5, 5.41) is 23.3. The summed E-state index contributed by atoms with van der Waals surface area (Å²) in [5.74, 6) is -0.856. The molecule has 3 aromatic rings. The fourth-order valence-electron chi connectivity index (χ4n) is 5.34. The Morgan fingerprint density at radius 2 is 1.71 bits per heavy atom. The van der Waals surface area contributed by atoms with E-state index in [0.717, 1.165) is 41.5 Å². The van der Waals surface area contributed by atoms with Gasteiger partial charge in [-0.15, -0.1) is 0 Å². The van der Waals surface area contributed by atoms with Crippen LogP contribution in [0.4, 0.5) is 0 Å². The Morgan fingerprint density at radius 3 is 2.38 bits per heavy atom. The first-order chi connectivity index (χ1) is 19.8. The molecule has 0 amide bonds. The average Bonchev–Trinajstić information content (AvgIpc) is 2.95. The van der Waals surface area contributed by atoms with Gasteiger partial charge in [0.1, 0.15) is 0 Å². The van der Waals surface area contributed by atoms with Crippen LogP contribution < -0.4 is 5.32 Å². The van der Waals surface area contributed by atoms with Crippen molar-refractivity contribution in [2.75, 3.05) is 20.1 Å². The lowest BCUT2D eigenvalue weighted by molar-refractivity contribution is -0.136. The third-order valence-corrected chi connectivity index (χ3v) is 9.70. The molecule has 0 radical (unpaired) electrons. The number of benzene rings is 3. The van der Waals surface area contributed by atoms with Gasteiger partial charge >= 0.3 is 5.97 Å². The van der Waals surface area contributed by atoms with Gasteiger partial charge in [-0.25, -0.2) is 8.42 Å². The molecule has 3 rings (SSSR count). The van der Waals surface area contributed by atoms with Crippen LogP contribution in [0.3, 0.4) is 0 Å². The highest BCUT2D eigenvalue weighted by molar-refractivity contribution is 7.89. The summed E-state index contributed by atoms with van der Waals surface area (Å²) < 4.78 is 28.4. The molecule has 3 aromatic carbocycles. The Kier molecular flexibility index (Phi) is 11.9. The predicted octanol–water partition coefficient (Wildman–Crippen LogP) is 5.61. The van der Waals surface area contributed by atoms with Gasteiger partial charge in [-0.3, -0.25) is 4.79 Å². The van der Waals surface area contributed by atoms with E-state index in [4.69, 9.17) is 0 Å². The minimum absolute atomic E-state index is 0.0242. The number of aliphatic carboxylic acids is 1. The topological polar surface area (TPSA) is 107 Å². The number of β-amino-alcohol motifs (C(OH)–C–C–N with tert-alkyl or cyclic N) is 1. The van der Waals surface area contributed by atoms with Crippen molar-refractivity contribution in [1.82, 2.24) is 9.62 Å². The first-order valence-electron chi connectivity index (χ1n) is 14.7. The highest BCUT2D eigenvalue weighted by Gasteiger charge is 2.27.